The topological polar surface area (TPSA) is 38.6 Å². The van der Waals surface area contributed by atoms with Gasteiger partial charge in [-0.15, -0.1) is 0 Å². The van der Waals surface area contributed by atoms with Crippen molar-refractivity contribution in [3.05, 3.63) is 29.3 Å². The SMILES string of the molecule is COc1ccn2c(CC3CCCCN3)nc(Cl)c2c1. The number of halogens is 1. The second-order valence-electron chi connectivity index (χ2n) is 4.99. The first kappa shape index (κ1) is 12.8. The van der Waals surface area contributed by atoms with Gasteiger partial charge in [-0.3, -0.25) is 0 Å². The molecule has 1 atom stereocenters. The third kappa shape index (κ3) is 2.55. The lowest BCUT2D eigenvalue weighted by Crippen LogP contribution is -2.36. The molecule has 0 aromatic carbocycles. The quantitative estimate of drug-likeness (QED) is 0.939. The van der Waals surface area contributed by atoms with Gasteiger partial charge in [-0.2, -0.15) is 0 Å². The fraction of sp³-hybridized carbons (Fsp3) is 0.500. The summed E-state index contributed by atoms with van der Waals surface area (Å²) in [6, 6.07) is 4.37. The molecule has 4 nitrogen and oxygen atoms in total. The maximum absolute atomic E-state index is 6.22. The highest BCUT2D eigenvalue weighted by molar-refractivity contribution is 6.32. The average molecular weight is 280 g/mol. The summed E-state index contributed by atoms with van der Waals surface area (Å²) in [7, 11) is 1.66. The highest BCUT2D eigenvalue weighted by Crippen LogP contribution is 2.24. The lowest BCUT2D eigenvalue weighted by atomic mass is 10.0. The van der Waals surface area contributed by atoms with Gasteiger partial charge in [-0.1, -0.05) is 18.0 Å². The van der Waals surface area contributed by atoms with Gasteiger partial charge in [0.15, 0.2) is 5.15 Å². The van der Waals surface area contributed by atoms with E-state index in [2.05, 4.69) is 14.7 Å². The van der Waals surface area contributed by atoms with Crippen molar-refractivity contribution in [3.8, 4) is 5.75 Å². The van der Waals surface area contributed by atoms with E-state index in [0.29, 0.717) is 11.2 Å². The summed E-state index contributed by atoms with van der Waals surface area (Å²) in [6.07, 6.45) is 6.67. The Morgan fingerprint density at radius 1 is 1.53 bits per heavy atom. The van der Waals surface area contributed by atoms with E-state index in [9.17, 15) is 0 Å². The van der Waals surface area contributed by atoms with Crippen molar-refractivity contribution in [2.24, 2.45) is 0 Å². The zero-order valence-electron chi connectivity index (χ0n) is 11.0. The highest BCUT2D eigenvalue weighted by atomic mass is 35.5. The molecule has 19 heavy (non-hydrogen) atoms. The van der Waals surface area contributed by atoms with Crippen molar-refractivity contribution in [1.82, 2.24) is 14.7 Å². The smallest absolute Gasteiger partial charge is 0.155 e. The van der Waals surface area contributed by atoms with E-state index in [1.807, 2.05) is 18.3 Å². The third-order valence-electron chi connectivity index (χ3n) is 3.72. The van der Waals surface area contributed by atoms with E-state index in [0.717, 1.165) is 30.1 Å². The van der Waals surface area contributed by atoms with Gasteiger partial charge in [-0.25, -0.2) is 4.98 Å². The zero-order chi connectivity index (χ0) is 13.2. The fourth-order valence-electron chi connectivity index (χ4n) is 2.68. The van der Waals surface area contributed by atoms with Crippen LogP contribution in [0.5, 0.6) is 5.75 Å². The van der Waals surface area contributed by atoms with Crippen LogP contribution in [-0.2, 0) is 6.42 Å². The predicted octanol–water partition coefficient (Wildman–Crippen LogP) is 2.68. The van der Waals surface area contributed by atoms with Gasteiger partial charge in [0.05, 0.1) is 12.6 Å². The predicted molar refractivity (Wildman–Crippen MR) is 76.1 cm³/mol. The lowest BCUT2D eigenvalue weighted by molar-refractivity contribution is 0.394. The molecule has 2 aromatic heterocycles. The van der Waals surface area contributed by atoms with Crippen LogP contribution in [0.4, 0.5) is 0 Å². The minimum atomic E-state index is 0.512. The number of rotatable bonds is 3. The molecule has 5 heteroatoms. The van der Waals surface area contributed by atoms with Crippen LogP contribution in [-0.4, -0.2) is 29.1 Å². The average Bonchev–Trinajstić information content (AvgIpc) is 2.76. The van der Waals surface area contributed by atoms with Crippen molar-refractivity contribution in [1.29, 1.82) is 0 Å². The molecule has 1 aliphatic rings. The first-order valence-corrected chi connectivity index (χ1v) is 7.09. The van der Waals surface area contributed by atoms with Gasteiger partial charge >= 0.3 is 0 Å². The Bertz CT molecular complexity index is 575. The molecular weight excluding hydrogens is 262 g/mol. The van der Waals surface area contributed by atoms with E-state index < -0.39 is 0 Å². The Balaban J connectivity index is 1.90. The summed E-state index contributed by atoms with van der Waals surface area (Å²) >= 11 is 6.22. The van der Waals surface area contributed by atoms with Crippen molar-refractivity contribution >= 4 is 17.1 Å². The molecule has 0 amide bonds. The van der Waals surface area contributed by atoms with Crippen molar-refractivity contribution in [2.45, 2.75) is 31.7 Å². The number of pyridine rings is 1. The molecule has 1 fully saturated rings. The van der Waals surface area contributed by atoms with Gasteiger partial charge in [0.25, 0.3) is 0 Å². The van der Waals surface area contributed by atoms with Crippen LogP contribution in [0.15, 0.2) is 18.3 Å². The molecule has 1 N–H and O–H groups in total. The number of nitrogens with one attached hydrogen (secondary N) is 1. The summed E-state index contributed by atoms with van der Waals surface area (Å²) in [5.41, 5.74) is 0.909. The summed E-state index contributed by atoms with van der Waals surface area (Å²) < 4.78 is 7.28. The molecule has 0 radical (unpaired) electrons. The second-order valence-corrected chi connectivity index (χ2v) is 5.35. The monoisotopic (exact) mass is 279 g/mol. The number of ether oxygens (including phenoxy) is 1. The van der Waals surface area contributed by atoms with Crippen molar-refractivity contribution in [3.63, 3.8) is 0 Å². The van der Waals surface area contributed by atoms with E-state index in [1.165, 1.54) is 19.3 Å². The first-order valence-electron chi connectivity index (χ1n) is 6.72. The van der Waals surface area contributed by atoms with Crippen molar-refractivity contribution < 1.29 is 4.74 Å². The van der Waals surface area contributed by atoms with E-state index in [1.54, 1.807) is 7.11 Å². The summed E-state index contributed by atoms with van der Waals surface area (Å²) in [5, 5.41) is 4.09. The lowest BCUT2D eigenvalue weighted by Gasteiger charge is -2.22. The van der Waals surface area contributed by atoms with Gasteiger partial charge in [0.2, 0.25) is 0 Å². The fourth-order valence-corrected chi connectivity index (χ4v) is 2.92. The molecule has 0 saturated carbocycles. The number of imidazole rings is 1. The van der Waals surface area contributed by atoms with E-state index >= 15 is 0 Å². The standard InChI is InChI=1S/C14H18ClN3O/c1-19-11-5-7-18-12(9-11)14(15)17-13(18)8-10-4-2-3-6-16-10/h5,7,9-10,16H,2-4,6,8H2,1H3. The number of nitrogens with zero attached hydrogens (tertiary/aromatic N) is 2. The van der Waals surface area contributed by atoms with Gasteiger partial charge in [-0.05, 0) is 25.5 Å². The number of piperidine rings is 1. The normalized spacial score (nSPS) is 19.8. The minimum Gasteiger partial charge on any atom is -0.497 e. The number of methoxy groups -OCH3 is 1. The number of hydrogen-bond donors (Lipinski definition) is 1. The molecule has 102 valence electrons. The molecular formula is C14H18ClN3O. The summed E-state index contributed by atoms with van der Waals surface area (Å²) in [5.74, 6) is 1.82. The van der Waals surface area contributed by atoms with Gasteiger partial charge < -0.3 is 14.5 Å². The minimum absolute atomic E-state index is 0.512. The summed E-state index contributed by atoms with van der Waals surface area (Å²) in [4.78, 5) is 4.49. The molecule has 1 unspecified atom stereocenters. The van der Waals surface area contributed by atoms with Crippen LogP contribution in [0.25, 0.3) is 5.52 Å². The molecule has 1 aliphatic heterocycles. The molecule has 2 aromatic rings. The number of fused-ring (bicyclic) bond motifs is 1. The Kier molecular flexibility index (Phi) is 3.62. The molecule has 0 aliphatic carbocycles. The van der Waals surface area contributed by atoms with E-state index in [4.69, 9.17) is 16.3 Å². The molecule has 3 rings (SSSR count). The highest BCUT2D eigenvalue weighted by Gasteiger charge is 2.17. The van der Waals surface area contributed by atoms with Crippen LogP contribution >= 0.6 is 11.6 Å². The Morgan fingerprint density at radius 2 is 2.42 bits per heavy atom. The molecule has 3 heterocycles. The van der Waals surface area contributed by atoms with Gasteiger partial charge in [0, 0.05) is 24.7 Å². The van der Waals surface area contributed by atoms with Crippen LogP contribution < -0.4 is 10.1 Å². The number of hydrogen-bond acceptors (Lipinski definition) is 3. The van der Waals surface area contributed by atoms with Crippen molar-refractivity contribution in [2.75, 3.05) is 13.7 Å². The largest absolute Gasteiger partial charge is 0.497 e. The maximum Gasteiger partial charge on any atom is 0.155 e. The first-order chi connectivity index (χ1) is 9.28. The molecule has 0 spiro atoms. The van der Waals surface area contributed by atoms with Crippen LogP contribution in [0.1, 0.15) is 25.1 Å². The number of aromatic nitrogens is 2. The second kappa shape index (κ2) is 5.39. The van der Waals surface area contributed by atoms with Crippen LogP contribution in [0.2, 0.25) is 5.15 Å². The molecule has 1 saturated heterocycles. The van der Waals surface area contributed by atoms with Crippen LogP contribution in [0.3, 0.4) is 0 Å². The van der Waals surface area contributed by atoms with E-state index in [-0.39, 0.29) is 0 Å². The third-order valence-corrected chi connectivity index (χ3v) is 4.00. The van der Waals surface area contributed by atoms with Gasteiger partial charge in [0.1, 0.15) is 11.6 Å². The Hall–Kier alpha value is -1.26. The Labute approximate surface area is 117 Å². The molecule has 0 bridgehead atoms. The maximum atomic E-state index is 6.22. The summed E-state index contributed by atoms with van der Waals surface area (Å²) in [6.45, 7) is 1.11. The van der Waals surface area contributed by atoms with Crippen LogP contribution in [0, 0.1) is 0 Å². The Morgan fingerprint density at radius 3 is 3.16 bits per heavy atom. The zero-order valence-corrected chi connectivity index (χ0v) is 11.8.